The SMILES string of the molecule is CCOC(=O)N1CCN(C(=O)CCNc2ncnc3sc(C)c(-c4ccccc4)c23)CC1. The summed E-state index contributed by atoms with van der Waals surface area (Å²) < 4.78 is 5.03. The number of amides is 2. The number of nitrogens with zero attached hydrogens (tertiary/aromatic N) is 4. The molecule has 8 nitrogen and oxygen atoms in total. The number of aryl methyl sites for hydroxylation is 1. The Morgan fingerprint density at radius 3 is 2.53 bits per heavy atom. The number of anilines is 1. The standard InChI is InChI=1S/C23H27N5O3S/c1-3-31-23(30)28-13-11-27(12-14-28)18(29)9-10-24-21-20-19(17-7-5-4-6-8-17)16(2)32-22(20)26-15-25-21/h4-8,15H,3,9-14H2,1-2H3,(H,24,25,26). The quantitative estimate of drug-likeness (QED) is 0.611. The van der Waals surface area contributed by atoms with Crippen molar-refractivity contribution in [2.45, 2.75) is 20.3 Å². The molecule has 3 heterocycles. The molecule has 0 aliphatic carbocycles. The fourth-order valence-electron chi connectivity index (χ4n) is 3.93. The lowest BCUT2D eigenvalue weighted by Crippen LogP contribution is -2.50. The molecule has 0 spiro atoms. The van der Waals surface area contributed by atoms with Crippen LogP contribution in [0.25, 0.3) is 21.3 Å². The Morgan fingerprint density at radius 2 is 1.81 bits per heavy atom. The number of carbonyl (C=O) groups is 2. The number of benzene rings is 1. The molecule has 2 amide bonds. The Labute approximate surface area is 191 Å². The fraction of sp³-hybridized carbons (Fsp3) is 0.391. The molecule has 0 atom stereocenters. The highest BCUT2D eigenvalue weighted by atomic mass is 32.1. The number of fused-ring (bicyclic) bond motifs is 1. The summed E-state index contributed by atoms with van der Waals surface area (Å²) in [6.07, 6.45) is 1.61. The van der Waals surface area contributed by atoms with Crippen molar-refractivity contribution in [1.29, 1.82) is 0 Å². The van der Waals surface area contributed by atoms with Gasteiger partial charge in [0.1, 0.15) is 17.0 Å². The third-order valence-corrected chi connectivity index (χ3v) is 6.53. The molecule has 1 saturated heterocycles. The first-order valence-corrected chi connectivity index (χ1v) is 11.6. The monoisotopic (exact) mass is 453 g/mol. The molecular formula is C23H27N5O3S. The van der Waals surface area contributed by atoms with Gasteiger partial charge in [0, 0.05) is 49.6 Å². The average molecular weight is 454 g/mol. The second-order valence-electron chi connectivity index (χ2n) is 7.55. The molecule has 1 fully saturated rings. The van der Waals surface area contributed by atoms with E-state index in [1.54, 1.807) is 34.4 Å². The van der Waals surface area contributed by atoms with Crippen LogP contribution in [-0.4, -0.2) is 71.1 Å². The molecule has 4 rings (SSSR count). The number of nitrogens with one attached hydrogen (secondary N) is 1. The molecule has 1 aliphatic heterocycles. The maximum absolute atomic E-state index is 12.7. The van der Waals surface area contributed by atoms with Crippen molar-refractivity contribution >= 4 is 39.4 Å². The summed E-state index contributed by atoms with van der Waals surface area (Å²) in [4.78, 5) is 39.0. The molecule has 32 heavy (non-hydrogen) atoms. The lowest BCUT2D eigenvalue weighted by atomic mass is 10.0. The van der Waals surface area contributed by atoms with Crippen molar-refractivity contribution in [1.82, 2.24) is 19.8 Å². The van der Waals surface area contributed by atoms with Gasteiger partial charge < -0.3 is 19.9 Å². The van der Waals surface area contributed by atoms with Crippen LogP contribution in [0.3, 0.4) is 0 Å². The zero-order valence-electron chi connectivity index (χ0n) is 18.3. The predicted molar refractivity (Wildman–Crippen MR) is 126 cm³/mol. The van der Waals surface area contributed by atoms with E-state index in [2.05, 4.69) is 34.3 Å². The number of hydrogen-bond acceptors (Lipinski definition) is 7. The van der Waals surface area contributed by atoms with Crippen LogP contribution in [0.4, 0.5) is 10.6 Å². The Balaban J connectivity index is 1.39. The minimum atomic E-state index is -0.311. The van der Waals surface area contributed by atoms with Crippen LogP contribution < -0.4 is 5.32 Å². The molecule has 0 radical (unpaired) electrons. The van der Waals surface area contributed by atoms with Gasteiger partial charge in [-0.3, -0.25) is 4.79 Å². The van der Waals surface area contributed by atoms with Gasteiger partial charge in [-0.1, -0.05) is 30.3 Å². The third-order valence-electron chi connectivity index (χ3n) is 5.52. The largest absolute Gasteiger partial charge is 0.450 e. The van der Waals surface area contributed by atoms with E-state index in [0.717, 1.165) is 27.2 Å². The topological polar surface area (TPSA) is 87.7 Å². The maximum atomic E-state index is 12.7. The molecule has 0 saturated carbocycles. The molecule has 0 bridgehead atoms. The molecule has 1 N–H and O–H groups in total. The summed E-state index contributed by atoms with van der Waals surface area (Å²) in [5, 5.41) is 4.35. The number of rotatable bonds is 6. The third kappa shape index (κ3) is 4.67. The van der Waals surface area contributed by atoms with Crippen LogP contribution >= 0.6 is 11.3 Å². The normalized spacial score (nSPS) is 13.9. The van der Waals surface area contributed by atoms with E-state index in [1.165, 1.54) is 4.88 Å². The Morgan fingerprint density at radius 1 is 1.09 bits per heavy atom. The van der Waals surface area contributed by atoms with E-state index in [0.29, 0.717) is 45.8 Å². The highest BCUT2D eigenvalue weighted by Crippen LogP contribution is 2.40. The summed E-state index contributed by atoms with van der Waals surface area (Å²) >= 11 is 1.65. The fourth-order valence-corrected chi connectivity index (χ4v) is 4.94. The van der Waals surface area contributed by atoms with Crippen LogP contribution in [0.1, 0.15) is 18.2 Å². The molecule has 1 aromatic carbocycles. The van der Waals surface area contributed by atoms with E-state index in [9.17, 15) is 9.59 Å². The second-order valence-corrected chi connectivity index (χ2v) is 8.75. The van der Waals surface area contributed by atoms with E-state index >= 15 is 0 Å². The first-order valence-electron chi connectivity index (χ1n) is 10.8. The molecule has 2 aromatic heterocycles. The zero-order valence-corrected chi connectivity index (χ0v) is 19.2. The number of hydrogen-bond donors (Lipinski definition) is 1. The number of aromatic nitrogens is 2. The summed E-state index contributed by atoms with van der Waals surface area (Å²) in [5.41, 5.74) is 2.26. The molecule has 9 heteroatoms. The molecular weight excluding hydrogens is 426 g/mol. The van der Waals surface area contributed by atoms with Gasteiger partial charge in [-0.25, -0.2) is 14.8 Å². The van der Waals surface area contributed by atoms with Gasteiger partial charge in [0.05, 0.1) is 12.0 Å². The first-order chi connectivity index (χ1) is 15.6. The molecule has 0 unspecified atom stereocenters. The Hall–Kier alpha value is -3.20. The van der Waals surface area contributed by atoms with Crippen LogP contribution in [0, 0.1) is 6.92 Å². The Kier molecular flexibility index (Phi) is 6.84. The lowest BCUT2D eigenvalue weighted by molar-refractivity contribution is -0.132. The van der Waals surface area contributed by atoms with Gasteiger partial charge in [-0.2, -0.15) is 0 Å². The van der Waals surface area contributed by atoms with Crippen molar-refractivity contribution < 1.29 is 14.3 Å². The molecule has 168 valence electrons. The van der Waals surface area contributed by atoms with Crippen molar-refractivity contribution in [2.75, 3.05) is 44.6 Å². The smallest absolute Gasteiger partial charge is 0.409 e. The number of thiophene rings is 1. The highest BCUT2D eigenvalue weighted by Gasteiger charge is 2.24. The van der Waals surface area contributed by atoms with Crippen molar-refractivity contribution in [3.05, 3.63) is 41.5 Å². The van der Waals surface area contributed by atoms with Gasteiger partial charge in [0.25, 0.3) is 0 Å². The molecule has 1 aliphatic rings. The predicted octanol–water partition coefficient (Wildman–Crippen LogP) is 3.77. The van der Waals surface area contributed by atoms with E-state index in [1.807, 2.05) is 18.2 Å². The summed E-state index contributed by atoms with van der Waals surface area (Å²) in [6.45, 7) is 6.77. The van der Waals surface area contributed by atoms with Gasteiger partial charge in [0.2, 0.25) is 5.91 Å². The highest BCUT2D eigenvalue weighted by molar-refractivity contribution is 7.19. The van der Waals surface area contributed by atoms with Crippen LogP contribution in [0.2, 0.25) is 0 Å². The summed E-state index contributed by atoms with van der Waals surface area (Å²) in [5.74, 6) is 0.814. The summed E-state index contributed by atoms with van der Waals surface area (Å²) in [6, 6.07) is 10.2. The maximum Gasteiger partial charge on any atom is 0.409 e. The van der Waals surface area contributed by atoms with Gasteiger partial charge >= 0.3 is 6.09 Å². The van der Waals surface area contributed by atoms with Gasteiger partial charge in [-0.05, 0) is 19.4 Å². The van der Waals surface area contributed by atoms with Crippen LogP contribution in [0.5, 0.6) is 0 Å². The number of carbonyl (C=O) groups excluding carboxylic acids is 2. The van der Waals surface area contributed by atoms with E-state index < -0.39 is 0 Å². The zero-order chi connectivity index (χ0) is 22.5. The van der Waals surface area contributed by atoms with Crippen molar-refractivity contribution in [2.24, 2.45) is 0 Å². The van der Waals surface area contributed by atoms with Gasteiger partial charge in [-0.15, -0.1) is 11.3 Å². The van der Waals surface area contributed by atoms with Gasteiger partial charge in [0.15, 0.2) is 0 Å². The van der Waals surface area contributed by atoms with E-state index in [4.69, 9.17) is 4.74 Å². The molecule has 3 aromatic rings. The van der Waals surface area contributed by atoms with Crippen LogP contribution in [-0.2, 0) is 9.53 Å². The Bertz CT molecular complexity index is 1090. The number of ether oxygens (including phenoxy) is 1. The van der Waals surface area contributed by atoms with E-state index in [-0.39, 0.29) is 12.0 Å². The first kappa shape index (κ1) is 22.0. The number of piperazine rings is 1. The minimum absolute atomic E-state index is 0.0658. The lowest BCUT2D eigenvalue weighted by Gasteiger charge is -2.34. The van der Waals surface area contributed by atoms with Crippen molar-refractivity contribution in [3.8, 4) is 11.1 Å². The van der Waals surface area contributed by atoms with Crippen molar-refractivity contribution in [3.63, 3.8) is 0 Å². The summed E-state index contributed by atoms with van der Waals surface area (Å²) in [7, 11) is 0. The van der Waals surface area contributed by atoms with Crippen LogP contribution in [0.15, 0.2) is 36.7 Å². The average Bonchev–Trinajstić information content (AvgIpc) is 3.16. The minimum Gasteiger partial charge on any atom is -0.450 e. The second kappa shape index (κ2) is 9.95.